The Morgan fingerprint density at radius 3 is 2.00 bits per heavy atom. The fourth-order valence-electron chi connectivity index (χ4n) is 5.99. The highest BCUT2D eigenvalue weighted by Crippen LogP contribution is 2.52. The Hall–Kier alpha value is -4.46. The van der Waals surface area contributed by atoms with E-state index in [-0.39, 0.29) is 17.0 Å². The summed E-state index contributed by atoms with van der Waals surface area (Å²) in [7, 11) is 3.19. The van der Waals surface area contributed by atoms with Crippen LogP contribution in [0.1, 0.15) is 36.1 Å². The summed E-state index contributed by atoms with van der Waals surface area (Å²) >= 11 is 0. The molecule has 40 heavy (non-hydrogen) atoms. The molecule has 0 amide bonds. The summed E-state index contributed by atoms with van der Waals surface area (Å²) in [5, 5.41) is 25.5. The molecule has 1 heterocycles. The minimum absolute atomic E-state index is 0.0370. The van der Waals surface area contributed by atoms with Gasteiger partial charge in [-0.05, 0) is 60.0 Å². The lowest BCUT2D eigenvalue weighted by Gasteiger charge is -2.48. The zero-order valence-corrected chi connectivity index (χ0v) is 22.6. The van der Waals surface area contributed by atoms with Crippen molar-refractivity contribution in [3.63, 3.8) is 0 Å². The summed E-state index contributed by atoms with van der Waals surface area (Å²) < 4.78 is 17.3. The van der Waals surface area contributed by atoms with Gasteiger partial charge < -0.3 is 24.4 Å². The second kappa shape index (κ2) is 9.33. The summed E-state index contributed by atoms with van der Waals surface area (Å²) in [5.41, 5.74) is 0.903. The van der Waals surface area contributed by atoms with Gasteiger partial charge in [-0.25, -0.2) is 0 Å². The van der Waals surface area contributed by atoms with E-state index in [4.69, 9.17) is 19.2 Å². The Bertz CT molecular complexity index is 1660. The first-order valence-corrected chi connectivity index (χ1v) is 13.0. The molecule has 0 saturated heterocycles. The largest absolute Gasteiger partial charge is 0.506 e. The van der Waals surface area contributed by atoms with Crippen molar-refractivity contribution in [2.75, 3.05) is 14.2 Å². The number of rotatable bonds is 5. The molecule has 0 saturated carbocycles. The van der Waals surface area contributed by atoms with Crippen LogP contribution in [0.3, 0.4) is 0 Å². The highest BCUT2D eigenvalue weighted by Gasteiger charge is 2.57. The molecule has 1 aliphatic carbocycles. The van der Waals surface area contributed by atoms with Crippen molar-refractivity contribution in [1.82, 2.24) is 0 Å². The predicted molar refractivity (Wildman–Crippen MR) is 153 cm³/mol. The summed E-state index contributed by atoms with van der Waals surface area (Å²) in [6.07, 6.45) is -0.712. The number of methoxy groups -OCH3 is 2. The molecular formula is C33H29NO6. The Balaban J connectivity index is 1.70. The highest BCUT2D eigenvalue weighted by atomic mass is 16.6. The third-order valence-electron chi connectivity index (χ3n) is 7.96. The zero-order chi connectivity index (χ0) is 28.2. The molecule has 2 N–H and O–H groups in total. The van der Waals surface area contributed by atoms with Crippen LogP contribution < -0.4 is 9.47 Å². The predicted octanol–water partition coefficient (Wildman–Crippen LogP) is 5.68. The maximum atomic E-state index is 13.2. The summed E-state index contributed by atoms with van der Waals surface area (Å²) in [6.45, 7) is 3.20. The summed E-state index contributed by atoms with van der Waals surface area (Å²) in [4.78, 5) is 18.4. The Kier molecular flexibility index (Phi) is 6.02. The molecule has 6 rings (SSSR count). The second-order valence-corrected chi connectivity index (χ2v) is 10.1. The van der Waals surface area contributed by atoms with Gasteiger partial charge in [0.25, 0.3) is 0 Å². The number of aliphatic hydroxyl groups is 2. The van der Waals surface area contributed by atoms with Gasteiger partial charge in [0, 0.05) is 11.1 Å². The van der Waals surface area contributed by atoms with Crippen LogP contribution in [-0.2, 0) is 20.9 Å². The number of fused-ring (bicyclic) bond motifs is 5. The number of hydrogen-bond acceptors (Lipinski definition) is 7. The molecule has 1 aliphatic heterocycles. The van der Waals surface area contributed by atoms with Gasteiger partial charge in [-0.1, -0.05) is 60.7 Å². The van der Waals surface area contributed by atoms with E-state index in [1.165, 1.54) is 6.92 Å². The van der Waals surface area contributed by atoms with Crippen molar-refractivity contribution in [2.24, 2.45) is 4.99 Å². The van der Waals surface area contributed by atoms with Gasteiger partial charge in [0.2, 0.25) is 5.79 Å². The average Bonchev–Trinajstić information content (AvgIpc) is 2.97. The molecule has 0 radical (unpaired) electrons. The molecule has 4 aromatic rings. The smallest absolute Gasteiger partial charge is 0.238 e. The van der Waals surface area contributed by atoms with Crippen LogP contribution in [0.15, 0.2) is 95.5 Å². The van der Waals surface area contributed by atoms with Crippen molar-refractivity contribution >= 4 is 28.0 Å². The number of aliphatic hydroxyl groups excluding tert-OH is 1. The number of aliphatic imine (C=N–C) groups is 1. The van der Waals surface area contributed by atoms with Gasteiger partial charge in [0.15, 0.2) is 5.78 Å². The van der Waals surface area contributed by atoms with Crippen LogP contribution in [0.5, 0.6) is 11.5 Å². The van der Waals surface area contributed by atoms with Crippen LogP contribution in [-0.4, -0.2) is 42.0 Å². The maximum absolute atomic E-state index is 13.2. The molecule has 202 valence electrons. The van der Waals surface area contributed by atoms with Crippen LogP contribution in [0, 0.1) is 0 Å². The first-order chi connectivity index (χ1) is 19.2. The van der Waals surface area contributed by atoms with Crippen molar-refractivity contribution in [1.29, 1.82) is 0 Å². The van der Waals surface area contributed by atoms with Crippen LogP contribution in [0.4, 0.5) is 0 Å². The number of nitrogens with zero attached hydrogens (tertiary/aromatic N) is 1. The molecule has 0 aromatic heterocycles. The van der Waals surface area contributed by atoms with Crippen LogP contribution >= 0.6 is 0 Å². The monoisotopic (exact) mass is 535 g/mol. The third-order valence-corrected chi connectivity index (χ3v) is 7.96. The molecule has 4 aromatic carbocycles. The van der Waals surface area contributed by atoms with E-state index < -0.39 is 23.2 Å². The van der Waals surface area contributed by atoms with Crippen molar-refractivity contribution < 1.29 is 29.2 Å². The number of carbonyl (C=O) groups excluding carboxylic acids is 1. The molecule has 2 unspecified atom stereocenters. The number of carbonyl (C=O) groups is 1. The Labute approximate surface area is 232 Å². The number of hydrogen-bond donors (Lipinski definition) is 2. The topological polar surface area (TPSA) is 97.6 Å². The fraction of sp³-hybridized carbons (Fsp3) is 0.212. The van der Waals surface area contributed by atoms with Gasteiger partial charge in [-0.15, -0.1) is 0 Å². The van der Waals surface area contributed by atoms with E-state index in [0.717, 1.165) is 16.5 Å². The lowest BCUT2D eigenvalue weighted by Crippen LogP contribution is -2.56. The van der Waals surface area contributed by atoms with Crippen LogP contribution in [0.25, 0.3) is 16.5 Å². The van der Waals surface area contributed by atoms with Crippen molar-refractivity contribution in [2.45, 2.75) is 31.3 Å². The first kappa shape index (κ1) is 25.8. The molecule has 7 nitrogen and oxygen atoms in total. The normalized spacial score (nSPS) is 21.3. The third kappa shape index (κ3) is 3.58. The first-order valence-electron chi connectivity index (χ1n) is 13.0. The molecule has 0 bridgehead atoms. The molecule has 2 atom stereocenters. The van der Waals surface area contributed by atoms with E-state index >= 15 is 0 Å². The van der Waals surface area contributed by atoms with E-state index in [2.05, 4.69) is 0 Å². The molecule has 0 spiro atoms. The molecule has 0 fully saturated rings. The minimum Gasteiger partial charge on any atom is -0.506 e. The van der Waals surface area contributed by atoms with Crippen molar-refractivity contribution in [3.8, 4) is 11.5 Å². The van der Waals surface area contributed by atoms with Gasteiger partial charge >= 0.3 is 0 Å². The molecule has 7 heteroatoms. The standard InChI is InChI=1S/C33H29NO6/c1-19(35)28-30(36)29-26-8-6-5-7-21(26)9-18-27(29)33(37)31(28)34-32(20(2)40-33,22-10-14-24(38-3)15-11-22)23-12-16-25(39-4)17-13-23/h5-18,20,36-37H,1-4H3. The number of Topliss-reactive ketones (excluding diaryl/α,β-unsaturated/α-hetero) is 1. The van der Waals surface area contributed by atoms with Gasteiger partial charge in [0.1, 0.15) is 28.5 Å². The number of benzene rings is 4. The second-order valence-electron chi connectivity index (χ2n) is 10.1. The quantitative estimate of drug-likeness (QED) is 0.341. The minimum atomic E-state index is -2.07. The Morgan fingerprint density at radius 1 is 0.875 bits per heavy atom. The van der Waals surface area contributed by atoms with E-state index in [0.29, 0.717) is 28.0 Å². The zero-order valence-electron chi connectivity index (χ0n) is 22.6. The summed E-state index contributed by atoms with van der Waals surface area (Å²) in [6, 6.07) is 25.9. The van der Waals surface area contributed by atoms with E-state index in [9.17, 15) is 15.0 Å². The van der Waals surface area contributed by atoms with Gasteiger partial charge in [-0.2, -0.15) is 0 Å². The van der Waals surface area contributed by atoms with E-state index in [1.807, 2.05) is 85.8 Å². The summed E-state index contributed by atoms with van der Waals surface area (Å²) in [5.74, 6) is -1.41. The number of ether oxygens (including phenoxy) is 3. The fourth-order valence-corrected chi connectivity index (χ4v) is 5.99. The van der Waals surface area contributed by atoms with Crippen LogP contribution in [0.2, 0.25) is 0 Å². The average molecular weight is 536 g/mol. The molecule has 2 aliphatic rings. The molecular weight excluding hydrogens is 506 g/mol. The van der Waals surface area contributed by atoms with E-state index in [1.54, 1.807) is 20.3 Å². The van der Waals surface area contributed by atoms with Gasteiger partial charge in [0.05, 0.1) is 25.9 Å². The van der Waals surface area contributed by atoms with Gasteiger partial charge in [-0.3, -0.25) is 9.79 Å². The van der Waals surface area contributed by atoms with Crippen molar-refractivity contribution in [3.05, 3.63) is 113 Å². The highest BCUT2D eigenvalue weighted by molar-refractivity contribution is 6.31. The Morgan fingerprint density at radius 2 is 1.45 bits per heavy atom. The number of ketones is 1. The maximum Gasteiger partial charge on any atom is 0.238 e. The lowest BCUT2D eigenvalue weighted by molar-refractivity contribution is -0.207. The SMILES string of the molecule is COc1ccc(C2(c3ccc(OC)cc3)N=C3C(C(C)=O)=C(O)c4c(ccc5ccccc45)C3(O)OC2C)cc1. The lowest BCUT2D eigenvalue weighted by atomic mass is 9.74.